The molecule has 0 spiro atoms. The third-order valence-electron chi connectivity index (χ3n) is 3.36. The van der Waals surface area contributed by atoms with Crippen molar-refractivity contribution in [3.05, 3.63) is 23.7 Å². The van der Waals surface area contributed by atoms with Crippen LogP contribution in [0.25, 0.3) is 0 Å². The van der Waals surface area contributed by atoms with E-state index in [1.165, 1.54) is 0 Å². The summed E-state index contributed by atoms with van der Waals surface area (Å²) < 4.78 is 10.7. The van der Waals surface area contributed by atoms with Crippen LogP contribution in [-0.4, -0.2) is 18.3 Å². The molecule has 90 valence electrons. The van der Waals surface area contributed by atoms with Crippen LogP contribution in [0.3, 0.4) is 0 Å². The molecule has 1 aromatic rings. The molecule has 0 radical (unpaired) electrons. The lowest BCUT2D eigenvalue weighted by molar-refractivity contribution is 0.0432. The van der Waals surface area contributed by atoms with Crippen molar-refractivity contribution >= 4 is 0 Å². The molecule has 1 aromatic heterocycles. The first-order valence-electron chi connectivity index (χ1n) is 6.13. The number of hydrogen-bond donors (Lipinski definition) is 1. The highest BCUT2D eigenvalue weighted by Crippen LogP contribution is 2.29. The molecule has 3 nitrogen and oxygen atoms in total. The summed E-state index contributed by atoms with van der Waals surface area (Å²) in [6.07, 6.45) is 5.09. The van der Waals surface area contributed by atoms with Crippen LogP contribution in [0.15, 0.2) is 16.7 Å². The SMILES string of the molecule is CCc1occc1C(O)CC1CCOCC1. The van der Waals surface area contributed by atoms with Gasteiger partial charge in [-0.15, -0.1) is 0 Å². The number of aliphatic hydroxyl groups is 1. The predicted octanol–water partition coefficient (Wildman–Crippen LogP) is 2.69. The Kier molecular flexibility index (Phi) is 4.02. The second-order valence-electron chi connectivity index (χ2n) is 4.46. The Hall–Kier alpha value is -0.800. The number of furan rings is 1. The third kappa shape index (κ3) is 2.66. The first-order chi connectivity index (χ1) is 7.81. The van der Waals surface area contributed by atoms with Crippen LogP contribution in [0.1, 0.15) is 43.6 Å². The monoisotopic (exact) mass is 224 g/mol. The molecule has 0 bridgehead atoms. The van der Waals surface area contributed by atoms with Crippen molar-refractivity contribution in [3.63, 3.8) is 0 Å². The Labute approximate surface area is 96.4 Å². The fourth-order valence-electron chi connectivity index (χ4n) is 2.36. The molecule has 0 amide bonds. The van der Waals surface area contributed by atoms with E-state index in [-0.39, 0.29) is 6.10 Å². The minimum atomic E-state index is -0.378. The van der Waals surface area contributed by atoms with Gasteiger partial charge in [-0.25, -0.2) is 0 Å². The smallest absolute Gasteiger partial charge is 0.109 e. The molecule has 1 fully saturated rings. The molecule has 3 heteroatoms. The molecule has 16 heavy (non-hydrogen) atoms. The largest absolute Gasteiger partial charge is 0.469 e. The van der Waals surface area contributed by atoms with Gasteiger partial charge in [0, 0.05) is 25.2 Å². The fraction of sp³-hybridized carbons (Fsp3) is 0.692. The minimum Gasteiger partial charge on any atom is -0.469 e. The van der Waals surface area contributed by atoms with Gasteiger partial charge < -0.3 is 14.3 Å². The maximum atomic E-state index is 10.2. The number of ether oxygens (including phenoxy) is 1. The summed E-state index contributed by atoms with van der Waals surface area (Å²) in [5, 5.41) is 10.2. The summed E-state index contributed by atoms with van der Waals surface area (Å²) in [6.45, 7) is 3.72. The van der Waals surface area contributed by atoms with E-state index in [1.807, 2.05) is 13.0 Å². The normalized spacial score (nSPS) is 19.9. The maximum Gasteiger partial charge on any atom is 0.109 e. The van der Waals surface area contributed by atoms with Gasteiger partial charge in [-0.3, -0.25) is 0 Å². The molecule has 2 rings (SSSR count). The van der Waals surface area contributed by atoms with E-state index >= 15 is 0 Å². The number of aryl methyl sites for hydroxylation is 1. The summed E-state index contributed by atoms with van der Waals surface area (Å²) in [5.41, 5.74) is 0.967. The van der Waals surface area contributed by atoms with Crippen LogP contribution in [0.5, 0.6) is 0 Å². The van der Waals surface area contributed by atoms with E-state index in [0.717, 1.165) is 50.2 Å². The van der Waals surface area contributed by atoms with E-state index < -0.39 is 0 Å². The Morgan fingerprint density at radius 1 is 1.44 bits per heavy atom. The first-order valence-corrected chi connectivity index (χ1v) is 6.13. The van der Waals surface area contributed by atoms with Crippen LogP contribution >= 0.6 is 0 Å². The van der Waals surface area contributed by atoms with Crippen LogP contribution in [-0.2, 0) is 11.2 Å². The second-order valence-corrected chi connectivity index (χ2v) is 4.46. The molecule has 1 N–H and O–H groups in total. The number of aliphatic hydroxyl groups excluding tert-OH is 1. The zero-order valence-electron chi connectivity index (χ0n) is 9.82. The zero-order valence-corrected chi connectivity index (χ0v) is 9.82. The van der Waals surface area contributed by atoms with Gasteiger partial charge in [0.05, 0.1) is 12.4 Å². The highest BCUT2D eigenvalue weighted by atomic mass is 16.5. The molecular formula is C13H20O3. The van der Waals surface area contributed by atoms with Gasteiger partial charge in [-0.05, 0) is 31.2 Å². The van der Waals surface area contributed by atoms with E-state index in [2.05, 4.69) is 0 Å². The van der Waals surface area contributed by atoms with Crippen molar-refractivity contribution in [2.75, 3.05) is 13.2 Å². The molecule has 0 aromatic carbocycles. The van der Waals surface area contributed by atoms with Crippen molar-refractivity contribution < 1.29 is 14.3 Å². The average molecular weight is 224 g/mol. The Balaban J connectivity index is 1.93. The van der Waals surface area contributed by atoms with Crippen LogP contribution in [0.2, 0.25) is 0 Å². The third-order valence-corrected chi connectivity index (χ3v) is 3.36. The topological polar surface area (TPSA) is 42.6 Å². The van der Waals surface area contributed by atoms with Crippen LogP contribution in [0, 0.1) is 5.92 Å². The summed E-state index contributed by atoms with van der Waals surface area (Å²) in [4.78, 5) is 0. The van der Waals surface area contributed by atoms with Crippen LogP contribution < -0.4 is 0 Å². The molecule has 0 saturated carbocycles. The molecule has 1 unspecified atom stereocenters. The lowest BCUT2D eigenvalue weighted by Gasteiger charge is -2.24. The lowest BCUT2D eigenvalue weighted by atomic mass is 9.91. The fourth-order valence-corrected chi connectivity index (χ4v) is 2.36. The van der Waals surface area contributed by atoms with Gasteiger partial charge in [0.25, 0.3) is 0 Å². The summed E-state index contributed by atoms with van der Waals surface area (Å²) in [7, 11) is 0. The van der Waals surface area contributed by atoms with Gasteiger partial charge in [-0.2, -0.15) is 0 Å². The van der Waals surface area contributed by atoms with Crippen molar-refractivity contribution in [2.45, 2.75) is 38.7 Å². The van der Waals surface area contributed by atoms with Crippen LogP contribution in [0.4, 0.5) is 0 Å². The molecule has 0 aliphatic carbocycles. The van der Waals surface area contributed by atoms with Gasteiger partial charge in [-0.1, -0.05) is 6.92 Å². The highest BCUT2D eigenvalue weighted by Gasteiger charge is 2.21. The summed E-state index contributed by atoms with van der Waals surface area (Å²) in [5.74, 6) is 1.50. The second kappa shape index (κ2) is 5.51. The molecule has 1 aliphatic heterocycles. The van der Waals surface area contributed by atoms with Gasteiger partial charge in [0.15, 0.2) is 0 Å². The lowest BCUT2D eigenvalue weighted by Crippen LogP contribution is -2.18. The summed E-state index contributed by atoms with van der Waals surface area (Å²) in [6, 6.07) is 1.89. The molecule has 1 atom stereocenters. The predicted molar refractivity (Wildman–Crippen MR) is 61.2 cm³/mol. The molecule has 1 aliphatic rings. The van der Waals surface area contributed by atoms with E-state index in [1.54, 1.807) is 6.26 Å². The average Bonchev–Trinajstić information content (AvgIpc) is 2.78. The minimum absolute atomic E-state index is 0.378. The molecule has 2 heterocycles. The number of hydrogen-bond acceptors (Lipinski definition) is 3. The standard InChI is InChI=1S/C13H20O3/c1-2-13-11(5-8-16-13)12(14)9-10-3-6-15-7-4-10/h5,8,10,12,14H,2-4,6-7,9H2,1H3. The van der Waals surface area contributed by atoms with Crippen molar-refractivity contribution in [3.8, 4) is 0 Å². The molecular weight excluding hydrogens is 204 g/mol. The Morgan fingerprint density at radius 2 is 2.19 bits per heavy atom. The molecule has 1 saturated heterocycles. The first kappa shape index (κ1) is 11.7. The quantitative estimate of drug-likeness (QED) is 0.855. The van der Waals surface area contributed by atoms with Crippen molar-refractivity contribution in [1.29, 1.82) is 0 Å². The Bertz CT molecular complexity index is 313. The maximum absolute atomic E-state index is 10.2. The van der Waals surface area contributed by atoms with Gasteiger partial charge in [0.2, 0.25) is 0 Å². The number of rotatable bonds is 4. The van der Waals surface area contributed by atoms with E-state index in [4.69, 9.17) is 9.15 Å². The van der Waals surface area contributed by atoms with E-state index in [0.29, 0.717) is 5.92 Å². The van der Waals surface area contributed by atoms with Crippen molar-refractivity contribution in [2.24, 2.45) is 5.92 Å². The van der Waals surface area contributed by atoms with Crippen molar-refractivity contribution in [1.82, 2.24) is 0 Å². The van der Waals surface area contributed by atoms with Gasteiger partial charge >= 0.3 is 0 Å². The van der Waals surface area contributed by atoms with Gasteiger partial charge in [0.1, 0.15) is 5.76 Å². The Morgan fingerprint density at radius 3 is 2.88 bits per heavy atom. The highest BCUT2D eigenvalue weighted by molar-refractivity contribution is 5.19. The zero-order chi connectivity index (χ0) is 11.4. The summed E-state index contributed by atoms with van der Waals surface area (Å²) >= 11 is 0. The van der Waals surface area contributed by atoms with E-state index in [9.17, 15) is 5.11 Å².